The summed E-state index contributed by atoms with van der Waals surface area (Å²) in [6, 6.07) is 13.3. The number of aliphatic imine (C=N–C) groups is 2. The molecule has 0 radical (unpaired) electrons. The Morgan fingerprint density at radius 2 is 0.796 bits per heavy atom. The van der Waals surface area contributed by atoms with Crippen LogP contribution in [0.15, 0.2) is 58.5 Å². The van der Waals surface area contributed by atoms with Crippen molar-refractivity contribution in [3.8, 4) is 0 Å². The van der Waals surface area contributed by atoms with Crippen LogP contribution < -0.4 is 0 Å². The number of rotatable bonds is 28. The molecule has 0 unspecified atom stereocenters. The Bertz CT molecular complexity index is 1170. The number of aryl methyl sites for hydroxylation is 4. The van der Waals surface area contributed by atoms with Gasteiger partial charge in [0.15, 0.2) is 0 Å². The van der Waals surface area contributed by atoms with Gasteiger partial charge in [0.1, 0.15) is 0 Å². The molecule has 2 aromatic carbocycles. The summed E-state index contributed by atoms with van der Waals surface area (Å²) >= 11 is 0. The van der Waals surface area contributed by atoms with Gasteiger partial charge in [-0.15, -0.1) is 0 Å². The predicted octanol–water partition coefficient (Wildman–Crippen LogP) is 15.7. The van der Waals surface area contributed by atoms with Crippen molar-refractivity contribution in [2.75, 3.05) is 0 Å². The van der Waals surface area contributed by atoms with Crippen LogP contribution in [0.2, 0.25) is 0 Å². The Labute approximate surface area is 314 Å². The van der Waals surface area contributed by atoms with Crippen molar-refractivity contribution >= 4 is 22.8 Å². The van der Waals surface area contributed by atoms with Crippen LogP contribution in [0.5, 0.6) is 0 Å². The zero-order valence-corrected chi connectivity index (χ0v) is 33.8. The van der Waals surface area contributed by atoms with Gasteiger partial charge < -0.3 is 0 Å². The van der Waals surface area contributed by atoms with Crippen LogP contribution in [0.1, 0.15) is 190 Å². The minimum Gasteiger partial charge on any atom is -0.251 e. The van der Waals surface area contributed by atoms with E-state index in [0.29, 0.717) is 0 Å². The topological polar surface area (TPSA) is 24.7 Å². The van der Waals surface area contributed by atoms with Gasteiger partial charge in [0.05, 0.1) is 22.8 Å². The first-order chi connectivity index (χ1) is 23.4. The quantitative estimate of drug-likeness (QED) is 0.0476. The summed E-state index contributed by atoms with van der Waals surface area (Å²) in [5.41, 5.74) is 9.28. The summed E-state index contributed by atoms with van der Waals surface area (Å²) in [5, 5.41) is 0. The largest absolute Gasteiger partial charge is 0.251 e. The monoisotopic (exact) mass is 713 g/mol. The number of nitrogens with zero attached hydrogens (tertiary/aromatic N) is 2. The van der Waals surface area contributed by atoms with Crippen molar-refractivity contribution in [2.45, 2.75) is 196 Å². The molecule has 0 spiro atoms. The second-order valence-corrected chi connectivity index (χ2v) is 14.8. The van der Waals surface area contributed by atoms with Crippen molar-refractivity contribution < 1.29 is 16.5 Å². The Morgan fingerprint density at radius 3 is 1.20 bits per heavy atom. The normalized spacial score (nSPS) is 12.2. The van der Waals surface area contributed by atoms with Crippen molar-refractivity contribution in [2.24, 2.45) is 9.98 Å². The Hall–Kier alpha value is -1.99. The standard InChI is InChI=1S/C46H74N2.Ni/c1-7-9-11-13-15-16-17-18-19-20-21-22-23-24-25-26-28-30-32-46(48-44-37-41(5)34-42(6)38-44)45(31-29-27-14-12-10-8-2)47-43-35-39(3)33-40(4)36-43;/h30,32-38H,7-29,31H2,1-6H3;/b32-30+,47-45?,48-46?;. The third kappa shape index (κ3) is 23.2. The molecule has 0 saturated carbocycles. The smallest absolute Gasteiger partial charge is 0.0848 e. The zero-order chi connectivity index (χ0) is 34.7. The number of benzene rings is 2. The molecular weight excluding hydrogens is 639 g/mol. The van der Waals surface area contributed by atoms with Crippen LogP contribution >= 0.6 is 0 Å². The zero-order valence-electron chi connectivity index (χ0n) is 32.8. The second kappa shape index (κ2) is 29.7. The molecule has 0 atom stereocenters. The van der Waals surface area contributed by atoms with Gasteiger partial charge in [0.2, 0.25) is 0 Å². The summed E-state index contributed by atoms with van der Waals surface area (Å²) < 4.78 is 0. The van der Waals surface area contributed by atoms with Crippen molar-refractivity contribution in [1.29, 1.82) is 0 Å². The second-order valence-electron chi connectivity index (χ2n) is 14.8. The van der Waals surface area contributed by atoms with E-state index in [-0.39, 0.29) is 16.5 Å². The molecule has 0 aliphatic rings. The van der Waals surface area contributed by atoms with Crippen LogP contribution in [0.25, 0.3) is 0 Å². The van der Waals surface area contributed by atoms with Crippen molar-refractivity contribution in [3.63, 3.8) is 0 Å². The van der Waals surface area contributed by atoms with E-state index in [0.717, 1.165) is 42.1 Å². The third-order valence-corrected chi connectivity index (χ3v) is 9.49. The van der Waals surface area contributed by atoms with Gasteiger partial charge in [0.25, 0.3) is 0 Å². The summed E-state index contributed by atoms with van der Waals surface area (Å²) in [6.07, 6.45) is 37.0. The SMILES string of the molecule is CCCCCCCCCCCCCCCCCC/C=C/C(=Nc1cc(C)cc(C)c1)C(CCCCCCCC)=Nc1cc(C)cc(C)c1.[Ni]. The van der Waals surface area contributed by atoms with E-state index in [4.69, 9.17) is 9.98 Å². The van der Waals surface area contributed by atoms with Crippen LogP contribution in [-0.2, 0) is 16.5 Å². The van der Waals surface area contributed by atoms with E-state index in [2.05, 4.69) is 90.1 Å². The molecule has 2 nitrogen and oxygen atoms in total. The van der Waals surface area contributed by atoms with Crippen molar-refractivity contribution in [1.82, 2.24) is 0 Å². The molecule has 0 aliphatic heterocycles. The van der Waals surface area contributed by atoms with Gasteiger partial charge in [0, 0.05) is 16.5 Å². The molecule has 278 valence electrons. The number of hydrogen-bond acceptors (Lipinski definition) is 2. The average molecular weight is 714 g/mol. The first kappa shape index (κ1) is 45.0. The first-order valence-corrected chi connectivity index (χ1v) is 20.4. The number of hydrogen-bond donors (Lipinski definition) is 0. The molecule has 0 saturated heterocycles. The molecule has 2 rings (SSSR count). The first-order valence-electron chi connectivity index (χ1n) is 20.4. The van der Waals surface area contributed by atoms with Gasteiger partial charge in [-0.25, -0.2) is 4.99 Å². The minimum atomic E-state index is 0. The maximum Gasteiger partial charge on any atom is 0.0848 e. The fraction of sp³-hybridized carbons (Fsp3) is 0.652. The van der Waals surface area contributed by atoms with E-state index < -0.39 is 0 Å². The fourth-order valence-electron chi connectivity index (χ4n) is 6.84. The third-order valence-electron chi connectivity index (χ3n) is 9.49. The number of allylic oxidation sites excluding steroid dienone is 2. The van der Waals surface area contributed by atoms with E-state index >= 15 is 0 Å². The molecule has 0 fully saturated rings. The average Bonchev–Trinajstić information content (AvgIpc) is 3.04. The summed E-state index contributed by atoms with van der Waals surface area (Å²) in [4.78, 5) is 10.6. The molecule has 2 aromatic rings. The van der Waals surface area contributed by atoms with Crippen LogP contribution in [0.4, 0.5) is 11.4 Å². The minimum absolute atomic E-state index is 0. The molecule has 49 heavy (non-hydrogen) atoms. The molecule has 0 aliphatic carbocycles. The number of unbranched alkanes of at least 4 members (excludes halogenated alkanes) is 21. The Morgan fingerprint density at radius 1 is 0.449 bits per heavy atom. The molecule has 0 aromatic heterocycles. The molecule has 3 heteroatoms. The van der Waals surface area contributed by atoms with Crippen LogP contribution in [-0.4, -0.2) is 11.4 Å². The van der Waals surface area contributed by atoms with E-state index in [1.54, 1.807) is 0 Å². The fourth-order valence-corrected chi connectivity index (χ4v) is 6.84. The van der Waals surface area contributed by atoms with Crippen LogP contribution in [0.3, 0.4) is 0 Å². The van der Waals surface area contributed by atoms with E-state index in [1.807, 2.05) is 0 Å². The Kier molecular flexibility index (Phi) is 27.3. The summed E-state index contributed by atoms with van der Waals surface area (Å²) in [5.74, 6) is 0. The van der Waals surface area contributed by atoms with Gasteiger partial charge in [-0.2, -0.15) is 0 Å². The van der Waals surface area contributed by atoms with Gasteiger partial charge in [-0.3, -0.25) is 4.99 Å². The van der Waals surface area contributed by atoms with Gasteiger partial charge >= 0.3 is 0 Å². The van der Waals surface area contributed by atoms with Crippen LogP contribution in [0, 0.1) is 27.7 Å². The predicted molar refractivity (Wildman–Crippen MR) is 217 cm³/mol. The molecule has 0 N–H and O–H groups in total. The summed E-state index contributed by atoms with van der Waals surface area (Å²) in [6.45, 7) is 13.3. The van der Waals surface area contributed by atoms with Crippen molar-refractivity contribution in [3.05, 3.63) is 70.8 Å². The van der Waals surface area contributed by atoms with E-state index in [1.165, 1.54) is 157 Å². The molecular formula is C46H74N2Ni. The maximum absolute atomic E-state index is 5.29. The molecule has 0 heterocycles. The van der Waals surface area contributed by atoms with Gasteiger partial charge in [-0.1, -0.05) is 160 Å². The summed E-state index contributed by atoms with van der Waals surface area (Å²) in [7, 11) is 0. The Balaban J connectivity index is 0.0000120. The van der Waals surface area contributed by atoms with E-state index in [9.17, 15) is 0 Å². The van der Waals surface area contributed by atoms with Gasteiger partial charge in [-0.05, 0) is 106 Å². The molecule has 0 bridgehead atoms. The maximum atomic E-state index is 5.29. The molecule has 0 amide bonds.